The van der Waals surface area contributed by atoms with Crippen LogP contribution in [0.3, 0.4) is 0 Å². The molecule has 4 rings (SSSR count). The summed E-state index contributed by atoms with van der Waals surface area (Å²) in [5, 5.41) is 9.78. The third-order valence-electron chi connectivity index (χ3n) is 6.24. The Morgan fingerprint density at radius 2 is 1.88 bits per heavy atom. The molecule has 166 valence electrons. The molecule has 0 aliphatic heterocycles. The predicted octanol–water partition coefficient (Wildman–Crippen LogP) is 6.47. The van der Waals surface area contributed by atoms with E-state index in [1.165, 1.54) is 0 Å². The van der Waals surface area contributed by atoms with Gasteiger partial charge in [-0.2, -0.15) is 0 Å². The third kappa shape index (κ3) is 4.76. The van der Waals surface area contributed by atoms with Gasteiger partial charge in [-0.3, -0.25) is 4.79 Å². The molecule has 0 heterocycles. The Hall–Kier alpha value is -2.98. The zero-order valence-electron chi connectivity index (χ0n) is 18.5. The predicted molar refractivity (Wildman–Crippen MR) is 127 cm³/mol. The van der Waals surface area contributed by atoms with Crippen LogP contribution in [0.1, 0.15) is 28.7 Å². The second kappa shape index (κ2) is 9.25. The van der Waals surface area contributed by atoms with Gasteiger partial charge in [0.2, 0.25) is 0 Å². The molecular weight excluding hydrogens is 424 g/mol. The van der Waals surface area contributed by atoms with Crippen molar-refractivity contribution in [2.75, 3.05) is 7.11 Å². The van der Waals surface area contributed by atoms with E-state index in [4.69, 9.17) is 26.2 Å². The van der Waals surface area contributed by atoms with E-state index in [1.807, 2.05) is 49.4 Å². The summed E-state index contributed by atoms with van der Waals surface area (Å²) in [5.41, 5.74) is 6.48. The minimum Gasteiger partial charge on any atom is -0.497 e. The summed E-state index contributed by atoms with van der Waals surface area (Å²) < 4.78 is 11.4. The lowest BCUT2D eigenvalue weighted by molar-refractivity contribution is -0.138. The Morgan fingerprint density at radius 1 is 1.09 bits per heavy atom. The van der Waals surface area contributed by atoms with E-state index in [9.17, 15) is 4.79 Å². The van der Waals surface area contributed by atoms with E-state index in [0.717, 1.165) is 57.7 Å². The molecule has 3 aromatic carbocycles. The number of hydrogen-bond donors (Lipinski definition) is 1. The number of rotatable bonds is 8. The number of carboxylic acids is 1. The average Bonchev–Trinajstić information content (AvgIpc) is 3.53. The van der Waals surface area contributed by atoms with Gasteiger partial charge in [0.05, 0.1) is 18.1 Å². The van der Waals surface area contributed by atoms with Crippen LogP contribution in [0.4, 0.5) is 0 Å². The fourth-order valence-corrected chi connectivity index (χ4v) is 4.64. The first-order valence-electron chi connectivity index (χ1n) is 10.7. The van der Waals surface area contributed by atoms with Gasteiger partial charge in [-0.25, -0.2) is 0 Å². The molecule has 0 spiro atoms. The van der Waals surface area contributed by atoms with Crippen LogP contribution in [0.25, 0.3) is 11.1 Å². The Kier molecular flexibility index (Phi) is 6.43. The number of benzene rings is 3. The van der Waals surface area contributed by atoms with Crippen LogP contribution in [0.15, 0.2) is 54.6 Å². The third-order valence-corrected chi connectivity index (χ3v) is 6.54. The van der Waals surface area contributed by atoms with Crippen LogP contribution in [0, 0.1) is 25.7 Å². The molecule has 3 aromatic rings. The van der Waals surface area contributed by atoms with Crippen molar-refractivity contribution in [2.45, 2.75) is 33.3 Å². The number of carbonyl (C=O) groups is 1. The van der Waals surface area contributed by atoms with Crippen LogP contribution in [-0.4, -0.2) is 18.2 Å². The molecule has 32 heavy (non-hydrogen) atoms. The van der Waals surface area contributed by atoms with Crippen LogP contribution < -0.4 is 9.47 Å². The molecule has 0 bridgehead atoms. The lowest BCUT2D eigenvalue weighted by Gasteiger charge is -2.16. The van der Waals surface area contributed by atoms with Crippen molar-refractivity contribution >= 4 is 17.6 Å². The number of hydrogen-bond acceptors (Lipinski definition) is 3. The molecule has 1 aliphatic rings. The summed E-state index contributed by atoms with van der Waals surface area (Å²) in [4.78, 5) is 11.1. The van der Waals surface area contributed by atoms with Crippen molar-refractivity contribution in [3.8, 4) is 22.6 Å². The first-order valence-corrected chi connectivity index (χ1v) is 11.1. The summed E-state index contributed by atoms with van der Waals surface area (Å²) in [6.07, 6.45) is 1.54. The number of aryl methyl sites for hydroxylation is 1. The Morgan fingerprint density at radius 3 is 2.56 bits per heavy atom. The van der Waals surface area contributed by atoms with E-state index in [1.54, 1.807) is 7.11 Å². The summed E-state index contributed by atoms with van der Waals surface area (Å²) in [5.74, 6) is 0.884. The highest BCUT2D eigenvalue weighted by atomic mass is 35.5. The summed E-state index contributed by atoms with van der Waals surface area (Å²) in [6, 6.07) is 18.0. The molecule has 5 heteroatoms. The van der Waals surface area contributed by atoms with Gasteiger partial charge in [-0.1, -0.05) is 41.9 Å². The van der Waals surface area contributed by atoms with E-state index in [2.05, 4.69) is 19.1 Å². The first kappa shape index (κ1) is 22.2. The molecule has 2 atom stereocenters. The van der Waals surface area contributed by atoms with Crippen molar-refractivity contribution < 1.29 is 19.4 Å². The Balaban J connectivity index is 1.50. The SMILES string of the molecule is COc1cc(C)c(-c2cccc(COc3cccc(C[C@@H]4CC4C(=O)O)c3)c2C)c(Cl)c1. The van der Waals surface area contributed by atoms with Gasteiger partial charge in [-0.05, 0) is 84.7 Å². The van der Waals surface area contributed by atoms with Gasteiger partial charge in [0.15, 0.2) is 0 Å². The number of aliphatic carboxylic acids is 1. The number of halogens is 1. The molecule has 1 unspecified atom stereocenters. The van der Waals surface area contributed by atoms with Gasteiger partial charge in [0.25, 0.3) is 0 Å². The van der Waals surface area contributed by atoms with Crippen LogP contribution >= 0.6 is 11.6 Å². The minimum atomic E-state index is -0.690. The first-order chi connectivity index (χ1) is 15.4. The van der Waals surface area contributed by atoms with Crippen molar-refractivity contribution in [1.29, 1.82) is 0 Å². The lowest BCUT2D eigenvalue weighted by atomic mass is 9.93. The van der Waals surface area contributed by atoms with E-state index in [0.29, 0.717) is 11.6 Å². The molecule has 1 saturated carbocycles. The Labute approximate surface area is 193 Å². The quantitative estimate of drug-likeness (QED) is 0.427. The topological polar surface area (TPSA) is 55.8 Å². The van der Waals surface area contributed by atoms with Gasteiger partial charge < -0.3 is 14.6 Å². The highest BCUT2D eigenvalue weighted by Gasteiger charge is 2.42. The summed E-state index contributed by atoms with van der Waals surface area (Å²) >= 11 is 6.59. The van der Waals surface area contributed by atoms with Gasteiger partial charge >= 0.3 is 5.97 Å². The number of carboxylic acid groups (broad SMARTS) is 1. The Bertz CT molecular complexity index is 1130. The van der Waals surface area contributed by atoms with E-state index < -0.39 is 5.97 Å². The maximum absolute atomic E-state index is 11.1. The molecular formula is C27H27ClO4. The van der Waals surface area contributed by atoms with E-state index >= 15 is 0 Å². The minimum absolute atomic E-state index is 0.196. The molecule has 0 amide bonds. The maximum atomic E-state index is 11.1. The van der Waals surface area contributed by atoms with E-state index in [-0.39, 0.29) is 11.8 Å². The van der Waals surface area contributed by atoms with Crippen molar-refractivity contribution in [2.24, 2.45) is 11.8 Å². The zero-order valence-corrected chi connectivity index (χ0v) is 19.3. The van der Waals surface area contributed by atoms with Crippen LogP contribution in [0.2, 0.25) is 5.02 Å². The molecule has 0 radical (unpaired) electrons. The zero-order chi connectivity index (χ0) is 22.8. The molecule has 0 saturated heterocycles. The van der Waals surface area contributed by atoms with Gasteiger partial charge in [0.1, 0.15) is 18.1 Å². The molecule has 1 N–H and O–H groups in total. The molecule has 1 fully saturated rings. The fraction of sp³-hybridized carbons (Fsp3) is 0.296. The monoisotopic (exact) mass is 450 g/mol. The highest BCUT2D eigenvalue weighted by molar-refractivity contribution is 6.33. The van der Waals surface area contributed by atoms with Crippen LogP contribution in [0.5, 0.6) is 11.5 Å². The van der Waals surface area contributed by atoms with Gasteiger partial charge in [0, 0.05) is 5.56 Å². The van der Waals surface area contributed by atoms with Crippen molar-refractivity contribution in [1.82, 2.24) is 0 Å². The number of ether oxygens (including phenoxy) is 2. The average molecular weight is 451 g/mol. The van der Waals surface area contributed by atoms with Crippen molar-refractivity contribution in [3.05, 3.63) is 81.9 Å². The normalized spacial score (nSPS) is 17.1. The second-order valence-electron chi connectivity index (χ2n) is 8.47. The molecule has 0 aromatic heterocycles. The number of methoxy groups -OCH3 is 1. The molecule has 4 nitrogen and oxygen atoms in total. The fourth-order valence-electron chi connectivity index (χ4n) is 4.28. The summed E-state index contributed by atoms with van der Waals surface area (Å²) in [6.45, 7) is 4.56. The van der Waals surface area contributed by atoms with Gasteiger partial charge in [-0.15, -0.1) is 0 Å². The smallest absolute Gasteiger partial charge is 0.306 e. The molecule has 1 aliphatic carbocycles. The lowest BCUT2D eigenvalue weighted by Crippen LogP contribution is -2.02. The largest absolute Gasteiger partial charge is 0.497 e. The standard InChI is InChI=1S/C27H27ClO4/c1-16-10-22(31-3)14-25(28)26(16)23-9-5-7-19(17(23)2)15-32-21-8-4-6-18(12-21)11-20-13-24(20)27(29)30/h4-10,12,14,20,24H,11,13,15H2,1-3H3,(H,29,30)/t20-,24?/m1/s1. The maximum Gasteiger partial charge on any atom is 0.306 e. The van der Waals surface area contributed by atoms with Crippen LogP contribution in [-0.2, 0) is 17.8 Å². The highest BCUT2D eigenvalue weighted by Crippen LogP contribution is 2.41. The van der Waals surface area contributed by atoms with Crippen molar-refractivity contribution in [3.63, 3.8) is 0 Å². The second-order valence-corrected chi connectivity index (χ2v) is 8.88. The summed E-state index contributed by atoms with van der Waals surface area (Å²) in [7, 11) is 1.64.